The molecule has 6 heteroatoms. The Morgan fingerprint density at radius 3 is 2.42 bits per heavy atom. The zero-order valence-corrected chi connectivity index (χ0v) is 17.2. The highest BCUT2D eigenvalue weighted by molar-refractivity contribution is 6.04. The topological polar surface area (TPSA) is 66.9 Å². The monoisotopic (exact) mass is 412 g/mol. The molecule has 1 aromatic heterocycles. The minimum absolute atomic E-state index is 0.193. The molecule has 0 fully saturated rings. The molecule has 0 saturated heterocycles. The molecule has 3 aromatic carbocycles. The molecule has 2 N–H and O–H groups in total. The summed E-state index contributed by atoms with van der Waals surface area (Å²) in [4.78, 5) is 21.2. The van der Waals surface area contributed by atoms with Crippen molar-refractivity contribution in [2.45, 2.75) is 13.8 Å². The van der Waals surface area contributed by atoms with Gasteiger partial charge < -0.3 is 10.6 Å². The average Bonchev–Trinajstić information content (AvgIpc) is 2.77. The normalized spacial score (nSPS) is 10.5. The Hall–Kier alpha value is -4.06. The first-order chi connectivity index (χ1) is 15.0. The molecule has 0 aliphatic heterocycles. The number of hydrogen-bond acceptors (Lipinski definition) is 4. The van der Waals surface area contributed by atoms with Crippen molar-refractivity contribution < 1.29 is 9.18 Å². The van der Waals surface area contributed by atoms with E-state index in [1.54, 1.807) is 36.4 Å². The van der Waals surface area contributed by atoms with Crippen LogP contribution in [0.1, 0.15) is 21.5 Å². The number of hydrogen-bond donors (Lipinski definition) is 2. The highest BCUT2D eigenvalue weighted by Gasteiger charge is 2.09. The number of aromatic nitrogens is 2. The number of rotatable bonds is 5. The number of halogens is 1. The third kappa shape index (κ3) is 4.93. The lowest BCUT2D eigenvalue weighted by Gasteiger charge is -2.10. The van der Waals surface area contributed by atoms with Gasteiger partial charge in [0.05, 0.1) is 5.69 Å². The van der Waals surface area contributed by atoms with Crippen molar-refractivity contribution in [3.8, 4) is 11.3 Å². The van der Waals surface area contributed by atoms with E-state index in [4.69, 9.17) is 0 Å². The fourth-order valence-electron chi connectivity index (χ4n) is 3.11. The van der Waals surface area contributed by atoms with Gasteiger partial charge in [0.2, 0.25) is 0 Å². The van der Waals surface area contributed by atoms with Crippen molar-refractivity contribution in [3.63, 3.8) is 0 Å². The second kappa shape index (κ2) is 8.75. The van der Waals surface area contributed by atoms with Gasteiger partial charge in [-0.3, -0.25) is 4.79 Å². The minimum Gasteiger partial charge on any atom is -0.340 e. The number of carbonyl (C=O) groups is 1. The quantitative estimate of drug-likeness (QED) is 0.429. The first kappa shape index (κ1) is 20.2. The summed E-state index contributed by atoms with van der Waals surface area (Å²) in [5.74, 6) is 0.0784. The zero-order chi connectivity index (χ0) is 21.8. The van der Waals surface area contributed by atoms with E-state index in [9.17, 15) is 9.18 Å². The third-order valence-electron chi connectivity index (χ3n) is 4.97. The van der Waals surface area contributed by atoms with Crippen LogP contribution < -0.4 is 10.6 Å². The van der Waals surface area contributed by atoms with Gasteiger partial charge in [0, 0.05) is 28.6 Å². The maximum absolute atomic E-state index is 13.2. The molecule has 4 rings (SSSR count). The lowest BCUT2D eigenvalue weighted by molar-refractivity contribution is 0.102. The molecule has 1 amide bonds. The molecule has 5 nitrogen and oxygen atoms in total. The van der Waals surface area contributed by atoms with Crippen LogP contribution in [0.2, 0.25) is 0 Å². The van der Waals surface area contributed by atoms with Gasteiger partial charge in [-0.15, -0.1) is 0 Å². The van der Waals surface area contributed by atoms with Crippen molar-refractivity contribution in [3.05, 3.63) is 102 Å². The Morgan fingerprint density at radius 2 is 1.65 bits per heavy atom. The smallest absolute Gasteiger partial charge is 0.255 e. The standard InChI is InChI=1S/C25H21FN4O/c1-16-6-11-22(12-17(16)2)30-25(31)19-4-3-5-21(13-19)29-24-14-23(27-15-28-24)18-7-9-20(26)10-8-18/h3-15H,1-2H3,(H,30,31)(H,27,28,29). The predicted octanol–water partition coefficient (Wildman–Crippen LogP) is 5.90. The van der Waals surface area contributed by atoms with E-state index < -0.39 is 0 Å². The summed E-state index contributed by atoms with van der Waals surface area (Å²) < 4.78 is 13.2. The summed E-state index contributed by atoms with van der Waals surface area (Å²) in [6.45, 7) is 4.04. The summed E-state index contributed by atoms with van der Waals surface area (Å²) in [6.07, 6.45) is 1.44. The average molecular weight is 412 g/mol. The van der Waals surface area contributed by atoms with Gasteiger partial charge in [-0.2, -0.15) is 0 Å². The van der Waals surface area contributed by atoms with Crippen molar-refractivity contribution in [1.29, 1.82) is 0 Å². The van der Waals surface area contributed by atoms with Crippen molar-refractivity contribution in [1.82, 2.24) is 9.97 Å². The highest BCUT2D eigenvalue weighted by atomic mass is 19.1. The summed E-state index contributed by atoms with van der Waals surface area (Å²) in [5.41, 5.74) is 5.75. The van der Waals surface area contributed by atoms with Crippen LogP contribution in [0.25, 0.3) is 11.3 Å². The minimum atomic E-state index is -0.299. The van der Waals surface area contributed by atoms with E-state index in [0.29, 0.717) is 17.1 Å². The molecule has 154 valence electrons. The van der Waals surface area contributed by atoms with Crippen LogP contribution in [0.5, 0.6) is 0 Å². The molecule has 0 radical (unpaired) electrons. The number of nitrogens with one attached hydrogen (secondary N) is 2. The first-order valence-corrected chi connectivity index (χ1v) is 9.81. The molecular formula is C25H21FN4O. The molecule has 0 aliphatic rings. The molecule has 0 spiro atoms. The van der Waals surface area contributed by atoms with Crippen molar-refractivity contribution in [2.24, 2.45) is 0 Å². The Morgan fingerprint density at radius 1 is 0.839 bits per heavy atom. The maximum atomic E-state index is 13.2. The second-order valence-electron chi connectivity index (χ2n) is 7.25. The largest absolute Gasteiger partial charge is 0.340 e. The van der Waals surface area contributed by atoms with E-state index in [0.717, 1.165) is 22.5 Å². The maximum Gasteiger partial charge on any atom is 0.255 e. The van der Waals surface area contributed by atoms with Crippen molar-refractivity contribution in [2.75, 3.05) is 10.6 Å². The Balaban J connectivity index is 1.51. The van der Waals surface area contributed by atoms with E-state index in [2.05, 4.69) is 20.6 Å². The molecule has 31 heavy (non-hydrogen) atoms. The van der Waals surface area contributed by atoms with Crippen LogP contribution in [0.4, 0.5) is 21.6 Å². The number of aryl methyl sites for hydroxylation is 2. The fourth-order valence-corrected chi connectivity index (χ4v) is 3.11. The number of carbonyl (C=O) groups excluding carboxylic acids is 1. The Bertz CT molecular complexity index is 1240. The highest BCUT2D eigenvalue weighted by Crippen LogP contribution is 2.22. The van der Waals surface area contributed by atoms with Gasteiger partial charge >= 0.3 is 0 Å². The van der Waals surface area contributed by atoms with Crippen LogP contribution in [0, 0.1) is 19.7 Å². The van der Waals surface area contributed by atoms with E-state index in [1.165, 1.54) is 24.0 Å². The first-order valence-electron chi connectivity index (χ1n) is 9.81. The van der Waals surface area contributed by atoms with Gasteiger partial charge in [0.25, 0.3) is 5.91 Å². The van der Waals surface area contributed by atoms with Gasteiger partial charge in [0.1, 0.15) is 18.0 Å². The second-order valence-corrected chi connectivity index (χ2v) is 7.25. The third-order valence-corrected chi connectivity index (χ3v) is 4.97. The van der Waals surface area contributed by atoms with Crippen molar-refractivity contribution >= 4 is 23.1 Å². The Labute approximate surface area is 180 Å². The van der Waals surface area contributed by atoms with Crippen LogP contribution >= 0.6 is 0 Å². The molecule has 0 unspecified atom stereocenters. The molecule has 0 saturated carbocycles. The van der Waals surface area contributed by atoms with Crippen LogP contribution in [-0.4, -0.2) is 15.9 Å². The van der Waals surface area contributed by atoms with Gasteiger partial charge in [-0.1, -0.05) is 12.1 Å². The molecule has 1 heterocycles. The van der Waals surface area contributed by atoms with Crippen LogP contribution in [0.3, 0.4) is 0 Å². The molecule has 0 bridgehead atoms. The van der Waals surface area contributed by atoms with Gasteiger partial charge in [0.15, 0.2) is 0 Å². The van der Waals surface area contributed by atoms with E-state index in [1.807, 2.05) is 38.1 Å². The van der Waals surface area contributed by atoms with Gasteiger partial charge in [-0.05, 0) is 79.6 Å². The Kier molecular flexibility index (Phi) is 5.71. The molecule has 4 aromatic rings. The van der Waals surface area contributed by atoms with E-state index in [-0.39, 0.29) is 11.7 Å². The summed E-state index contributed by atoms with van der Waals surface area (Å²) in [7, 11) is 0. The lowest BCUT2D eigenvalue weighted by atomic mass is 10.1. The predicted molar refractivity (Wildman–Crippen MR) is 121 cm³/mol. The summed E-state index contributed by atoms with van der Waals surface area (Å²) >= 11 is 0. The number of amides is 1. The molecule has 0 atom stereocenters. The van der Waals surface area contributed by atoms with E-state index >= 15 is 0 Å². The molecule has 0 aliphatic carbocycles. The summed E-state index contributed by atoms with van der Waals surface area (Å²) in [5, 5.41) is 6.13. The van der Waals surface area contributed by atoms with Crippen LogP contribution in [0.15, 0.2) is 79.1 Å². The lowest BCUT2D eigenvalue weighted by Crippen LogP contribution is -2.12. The fraction of sp³-hybridized carbons (Fsp3) is 0.0800. The SMILES string of the molecule is Cc1ccc(NC(=O)c2cccc(Nc3cc(-c4ccc(F)cc4)ncn3)c2)cc1C. The zero-order valence-electron chi connectivity index (χ0n) is 17.2. The summed E-state index contributed by atoms with van der Waals surface area (Å²) in [6, 6.07) is 20.9. The number of nitrogens with zero attached hydrogens (tertiary/aromatic N) is 2. The van der Waals surface area contributed by atoms with Gasteiger partial charge in [-0.25, -0.2) is 14.4 Å². The van der Waals surface area contributed by atoms with Crippen LogP contribution in [-0.2, 0) is 0 Å². The molecular weight excluding hydrogens is 391 g/mol. The number of benzene rings is 3. The number of anilines is 3.